The van der Waals surface area contributed by atoms with Crippen molar-refractivity contribution in [3.05, 3.63) is 24.3 Å². The summed E-state index contributed by atoms with van der Waals surface area (Å²) in [5, 5.41) is 0. The molecule has 3 fully saturated rings. The maximum atomic E-state index is 12.6. The van der Waals surface area contributed by atoms with E-state index < -0.39 is 0 Å². The van der Waals surface area contributed by atoms with Gasteiger partial charge in [0.25, 0.3) is 0 Å². The summed E-state index contributed by atoms with van der Waals surface area (Å²) in [6, 6.07) is 2.27. The van der Waals surface area contributed by atoms with Crippen molar-refractivity contribution < 1.29 is 4.79 Å². The molecule has 3 atom stereocenters. The second-order valence-corrected chi connectivity index (χ2v) is 7.15. The lowest BCUT2D eigenvalue weighted by molar-refractivity contribution is -0.132. The van der Waals surface area contributed by atoms with Crippen LogP contribution < -0.4 is 0 Å². The Balaban J connectivity index is 1.29. The number of carbonyl (C=O) groups is 1. The molecule has 2 saturated carbocycles. The Labute approximate surface area is 131 Å². The predicted octanol–water partition coefficient (Wildman–Crippen LogP) is 1.56. The minimum Gasteiger partial charge on any atom is -0.341 e. The zero-order valence-electron chi connectivity index (χ0n) is 13.2. The van der Waals surface area contributed by atoms with E-state index in [1.54, 1.807) is 12.4 Å². The fourth-order valence-electron chi connectivity index (χ4n) is 3.84. The van der Waals surface area contributed by atoms with Crippen molar-refractivity contribution in [3.63, 3.8) is 0 Å². The lowest BCUT2D eigenvalue weighted by Gasteiger charge is -2.24. The van der Waals surface area contributed by atoms with Gasteiger partial charge in [0, 0.05) is 37.4 Å². The van der Waals surface area contributed by atoms with Gasteiger partial charge in [0.2, 0.25) is 5.91 Å². The second-order valence-electron chi connectivity index (χ2n) is 7.15. The van der Waals surface area contributed by atoms with Crippen LogP contribution in [0.5, 0.6) is 0 Å². The molecule has 0 radical (unpaired) electrons. The van der Waals surface area contributed by atoms with Crippen LogP contribution in [-0.4, -0.2) is 51.9 Å². The zero-order valence-corrected chi connectivity index (χ0v) is 13.2. The number of aromatic nitrogens is 2. The Morgan fingerprint density at radius 1 is 1.32 bits per heavy atom. The number of likely N-dealkylation sites (tertiary alicyclic amines) is 1. The molecule has 1 saturated heterocycles. The molecule has 2 heterocycles. The van der Waals surface area contributed by atoms with Crippen LogP contribution in [0.2, 0.25) is 0 Å². The van der Waals surface area contributed by atoms with Gasteiger partial charge in [0.15, 0.2) is 0 Å². The van der Waals surface area contributed by atoms with Gasteiger partial charge in [-0.25, -0.2) is 9.97 Å². The van der Waals surface area contributed by atoms with Gasteiger partial charge in [-0.15, -0.1) is 0 Å². The fraction of sp³-hybridized carbons (Fsp3) is 0.706. The van der Waals surface area contributed by atoms with Gasteiger partial charge in [-0.2, -0.15) is 0 Å². The molecule has 4 rings (SSSR count). The monoisotopic (exact) mass is 300 g/mol. The number of nitrogens with zero attached hydrogens (tertiary/aromatic N) is 4. The molecule has 1 amide bonds. The molecule has 0 N–H and O–H groups in total. The van der Waals surface area contributed by atoms with Crippen molar-refractivity contribution >= 4 is 5.91 Å². The van der Waals surface area contributed by atoms with E-state index in [4.69, 9.17) is 0 Å². The van der Waals surface area contributed by atoms with Gasteiger partial charge in [0.1, 0.15) is 5.82 Å². The number of hydrogen-bond donors (Lipinski definition) is 0. The van der Waals surface area contributed by atoms with Crippen LogP contribution in [0.4, 0.5) is 0 Å². The van der Waals surface area contributed by atoms with E-state index in [0.29, 0.717) is 17.9 Å². The van der Waals surface area contributed by atoms with Gasteiger partial charge in [-0.1, -0.05) is 0 Å². The van der Waals surface area contributed by atoms with Gasteiger partial charge >= 0.3 is 0 Å². The van der Waals surface area contributed by atoms with Gasteiger partial charge in [0.05, 0.1) is 6.54 Å². The number of carbonyl (C=O) groups excluding carboxylic acids is 1. The van der Waals surface area contributed by atoms with Crippen LogP contribution in [-0.2, 0) is 11.3 Å². The quantitative estimate of drug-likeness (QED) is 0.828. The largest absolute Gasteiger partial charge is 0.341 e. The zero-order chi connectivity index (χ0) is 15.1. The van der Waals surface area contributed by atoms with Gasteiger partial charge in [-0.3, -0.25) is 9.69 Å². The van der Waals surface area contributed by atoms with Crippen molar-refractivity contribution in [2.45, 2.75) is 38.3 Å². The van der Waals surface area contributed by atoms with Crippen molar-refractivity contribution in [2.24, 2.45) is 17.8 Å². The van der Waals surface area contributed by atoms with E-state index >= 15 is 0 Å². The van der Waals surface area contributed by atoms with Crippen LogP contribution in [0.1, 0.15) is 31.5 Å². The second kappa shape index (κ2) is 5.61. The SMILES string of the molecule is CN(Cc1ncccn1)[C@@H]1CCN(C(=O)[C@H]2C[C@H]2C2CC2)C1. The van der Waals surface area contributed by atoms with Gasteiger partial charge in [-0.05, 0) is 50.6 Å². The van der Waals surface area contributed by atoms with E-state index in [-0.39, 0.29) is 0 Å². The summed E-state index contributed by atoms with van der Waals surface area (Å²) in [5.41, 5.74) is 0. The molecule has 118 valence electrons. The van der Waals surface area contributed by atoms with E-state index in [2.05, 4.69) is 26.8 Å². The number of rotatable bonds is 5. The molecular formula is C17H24N4O. The Bertz CT molecular complexity index is 545. The highest BCUT2D eigenvalue weighted by Gasteiger charge is 2.52. The van der Waals surface area contributed by atoms with Crippen LogP contribution in [0.15, 0.2) is 18.5 Å². The molecule has 2 aliphatic carbocycles. The van der Waals surface area contributed by atoms with Crippen molar-refractivity contribution in [3.8, 4) is 0 Å². The van der Waals surface area contributed by atoms with Crippen LogP contribution >= 0.6 is 0 Å². The molecule has 5 nitrogen and oxygen atoms in total. The summed E-state index contributed by atoms with van der Waals surface area (Å²) in [5.74, 6) is 3.23. The highest BCUT2D eigenvalue weighted by Crippen LogP contribution is 2.55. The fourth-order valence-corrected chi connectivity index (χ4v) is 3.84. The molecule has 0 spiro atoms. The first-order valence-electron chi connectivity index (χ1n) is 8.47. The first-order chi connectivity index (χ1) is 10.7. The molecule has 5 heteroatoms. The topological polar surface area (TPSA) is 49.3 Å². The van der Waals surface area contributed by atoms with Crippen molar-refractivity contribution in [2.75, 3.05) is 20.1 Å². The number of hydrogen-bond acceptors (Lipinski definition) is 4. The van der Waals surface area contributed by atoms with E-state index in [9.17, 15) is 4.79 Å². The first-order valence-corrected chi connectivity index (χ1v) is 8.47. The molecule has 22 heavy (non-hydrogen) atoms. The molecule has 0 bridgehead atoms. The van der Waals surface area contributed by atoms with E-state index in [1.165, 1.54) is 12.8 Å². The lowest BCUT2D eigenvalue weighted by Crippen LogP contribution is -2.37. The van der Waals surface area contributed by atoms with Crippen LogP contribution in [0.3, 0.4) is 0 Å². The molecule has 1 aromatic rings. The normalized spacial score (nSPS) is 30.8. The third-order valence-electron chi connectivity index (χ3n) is 5.49. The number of likely N-dealkylation sites (N-methyl/N-ethyl adjacent to an activating group) is 1. The molecule has 3 aliphatic rings. The smallest absolute Gasteiger partial charge is 0.226 e. The minimum absolute atomic E-state index is 0.356. The van der Waals surface area contributed by atoms with Gasteiger partial charge < -0.3 is 4.90 Å². The standard InChI is InChI=1S/C17H24N4O/c1-20(11-16-18-6-2-7-19-16)13-5-8-21(10-13)17(22)15-9-14(15)12-3-4-12/h2,6-7,12-15H,3-5,8-11H2,1H3/t13-,14+,15+/m1/s1. The Kier molecular flexibility index (Phi) is 3.60. The van der Waals surface area contributed by atoms with Crippen LogP contribution in [0, 0.1) is 17.8 Å². The van der Waals surface area contributed by atoms with E-state index in [1.807, 2.05) is 6.07 Å². The molecule has 0 unspecified atom stereocenters. The maximum Gasteiger partial charge on any atom is 0.226 e. The third kappa shape index (κ3) is 2.86. The Morgan fingerprint density at radius 3 is 2.82 bits per heavy atom. The van der Waals surface area contributed by atoms with E-state index in [0.717, 1.165) is 50.1 Å². The van der Waals surface area contributed by atoms with Crippen molar-refractivity contribution in [1.29, 1.82) is 0 Å². The molecular weight excluding hydrogens is 276 g/mol. The minimum atomic E-state index is 0.356. The summed E-state index contributed by atoms with van der Waals surface area (Å²) >= 11 is 0. The summed E-state index contributed by atoms with van der Waals surface area (Å²) in [6.07, 6.45) is 8.50. The molecule has 1 aliphatic heterocycles. The third-order valence-corrected chi connectivity index (χ3v) is 5.49. The Morgan fingerprint density at radius 2 is 2.09 bits per heavy atom. The highest BCUT2D eigenvalue weighted by atomic mass is 16.2. The summed E-state index contributed by atoms with van der Waals surface area (Å²) < 4.78 is 0. The average molecular weight is 300 g/mol. The average Bonchev–Trinajstić information content (AvgIpc) is 3.43. The van der Waals surface area contributed by atoms with Crippen LogP contribution in [0.25, 0.3) is 0 Å². The Hall–Kier alpha value is -1.49. The molecule has 0 aromatic carbocycles. The summed E-state index contributed by atoms with van der Waals surface area (Å²) in [4.78, 5) is 25.5. The first kappa shape index (κ1) is 14.1. The number of amides is 1. The molecule has 1 aromatic heterocycles. The summed E-state index contributed by atoms with van der Waals surface area (Å²) in [7, 11) is 2.11. The lowest BCUT2D eigenvalue weighted by atomic mass is 10.2. The predicted molar refractivity (Wildman–Crippen MR) is 82.8 cm³/mol. The maximum absolute atomic E-state index is 12.6. The van der Waals surface area contributed by atoms with Crippen molar-refractivity contribution in [1.82, 2.24) is 19.8 Å². The summed E-state index contributed by atoms with van der Waals surface area (Å²) in [6.45, 7) is 2.54. The highest BCUT2D eigenvalue weighted by molar-refractivity contribution is 5.82.